The number of nitrogens with one attached hydrogen (secondary N) is 2. The highest BCUT2D eigenvalue weighted by Crippen LogP contribution is 2.37. The predicted octanol–water partition coefficient (Wildman–Crippen LogP) is 3.92. The Hall–Kier alpha value is -2.55. The first-order valence-electron chi connectivity index (χ1n) is 11.5. The summed E-state index contributed by atoms with van der Waals surface area (Å²) in [5.41, 5.74) is 1.79. The van der Waals surface area contributed by atoms with Gasteiger partial charge in [-0.3, -0.25) is 10.1 Å². The first-order chi connectivity index (χ1) is 16.0. The third-order valence-corrected chi connectivity index (χ3v) is 7.17. The third-order valence-electron chi connectivity index (χ3n) is 6.37. The van der Waals surface area contributed by atoms with Crippen molar-refractivity contribution in [3.63, 3.8) is 0 Å². The summed E-state index contributed by atoms with van der Waals surface area (Å²) in [6.07, 6.45) is 1.09. The molecule has 2 N–H and O–H groups in total. The Morgan fingerprint density at radius 1 is 1.09 bits per heavy atom. The molecule has 0 aromatic heterocycles. The van der Waals surface area contributed by atoms with E-state index in [0.717, 1.165) is 36.2 Å². The molecule has 1 unspecified atom stereocenters. The number of carbonyl (C=O) groups excluding carboxylic acids is 2. The molecular weight excluding hydrogens is 436 g/mol. The van der Waals surface area contributed by atoms with Crippen LogP contribution in [0.1, 0.15) is 37.8 Å². The molecule has 0 aliphatic carbocycles. The molecule has 8 heteroatoms. The minimum absolute atomic E-state index is 0.173. The van der Waals surface area contributed by atoms with Crippen LogP contribution in [0.25, 0.3) is 0 Å². The molecule has 2 saturated heterocycles. The lowest BCUT2D eigenvalue weighted by molar-refractivity contribution is -0.134. The number of rotatable bonds is 7. The number of hydrogen-bond acceptors (Lipinski definition) is 6. The van der Waals surface area contributed by atoms with Crippen LogP contribution < -0.4 is 10.6 Å². The van der Waals surface area contributed by atoms with Gasteiger partial charge in [-0.25, -0.2) is 9.10 Å². The SMILES string of the molecule is CC(C)C1NC2(CCN(SOC(=O)NCc3ccccc3)CC2)N(Cc2ccccc2)C1=O. The van der Waals surface area contributed by atoms with Crippen LogP contribution >= 0.6 is 12.2 Å². The van der Waals surface area contributed by atoms with Gasteiger partial charge >= 0.3 is 6.09 Å². The second-order valence-corrected chi connectivity index (χ2v) is 9.85. The maximum absolute atomic E-state index is 13.3. The quantitative estimate of drug-likeness (QED) is 0.474. The van der Waals surface area contributed by atoms with E-state index in [1.165, 1.54) is 0 Å². The van der Waals surface area contributed by atoms with E-state index >= 15 is 0 Å². The first kappa shape index (κ1) is 23.6. The molecule has 1 atom stereocenters. The number of amides is 2. The standard InChI is InChI=1S/C25H32N4O3S/c1-19(2)22-23(30)29(18-21-11-7-4-8-12-21)25(27-22)13-15-28(16-14-25)33-32-24(31)26-17-20-9-5-3-6-10-20/h3-12,19,22,27H,13-18H2,1-2H3,(H,26,31). The maximum Gasteiger partial charge on any atom is 0.420 e. The van der Waals surface area contributed by atoms with Crippen LogP contribution in [0.15, 0.2) is 60.7 Å². The van der Waals surface area contributed by atoms with Crippen LogP contribution in [-0.2, 0) is 22.1 Å². The molecule has 2 aliphatic heterocycles. The van der Waals surface area contributed by atoms with Crippen molar-refractivity contribution in [1.29, 1.82) is 0 Å². The molecule has 7 nitrogen and oxygen atoms in total. The topological polar surface area (TPSA) is 73.9 Å². The van der Waals surface area contributed by atoms with Crippen molar-refractivity contribution in [3.05, 3.63) is 71.8 Å². The molecular formula is C25H32N4O3S. The van der Waals surface area contributed by atoms with Crippen molar-refractivity contribution in [2.45, 2.75) is 51.5 Å². The number of nitrogens with zero attached hydrogens (tertiary/aromatic N) is 2. The first-order valence-corrected chi connectivity index (χ1v) is 12.2. The van der Waals surface area contributed by atoms with Gasteiger partial charge in [-0.1, -0.05) is 74.5 Å². The molecule has 176 valence electrons. The summed E-state index contributed by atoms with van der Waals surface area (Å²) in [4.78, 5) is 27.4. The van der Waals surface area contributed by atoms with E-state index < -0.39 is 6.09 Å². The maximum atomic E-state index is 13.3. The zero-order valence-electron chi connectivity index (χ0n) is 19.2. The minimum atomic E-state index is -0.455. The van der Waals surface area contributed by atoms with Gasteiger partial charge in [-0.15, -0.1) is 0 Å². The average molecular weight is 469 g/mol. The Balaban J connectivity index is 1.32. The predicted molar refractivity (Wildman–Crippen MR) is 130 cm³/mol. The summed E-state index contributed by atoms with van der Waals surface area (Å²) in [7, 11) is 0. The molecule has 33 heavy (non-hydrogen) atoms. The molecule has 0 radical (unpaired) electrons. The van der Waals surface area contributed by atoms with E-state index in [4.69, 9.17) is 4.18 Å². The smallest absolute Gasteiger partial charge is 0.358 e. The van der Waals surface area contributed by atoms with Gasteiger partial charge in [-0.05, 0) is 29.9 Å². The Morgan fingerprint density at radius 2 is 1.70 bits per heavy atom. The van der Waals surface area contributed by atoms with Gasteiger partial charge in [0.05, 0.1) is 11.7 Å². The van der Waals surface area contributed by atoms with E-state index in [2.05, 4.69) is 36.6 Å². The summed E-state index contributed by atoms with van der Waals surface area (Å²) in [6, 6.07) is 19.7. The monoisotopic (exact) mass is 468 g/mol. The van der Waals surface area contributed by atoms with Crippen LogP contribution in [-0.4, -0.2) is 46.0 Å². The number of carbonyl (C=O) groups is 2. The Kier molecular flexibility index (Phi) is 7.57. The molecule has 2 aromatic rings. The van der Waals surface area contributed by atoms with Crippen molar-refractivity contribution in [2.24, 2.45) is 5.92 Å². The highest BCUT2D eigenvalue weighted by molar-refractivity contribution is 7.92. The lowest BCUT2D eigenvalue weighted by Crippen LogP contribution is -2.58. The van der Waals surface area contributed by atoms with Gasteiger partial charge in [0, 0.05) is 26.2 Å². The van der Waals surface area contributed by atoms with E-state index in [9.17, 15) is 9.59 Å². The molecule has 4 rings (SSSR count). The second-order valence-electron chi connectivity index (χ2n) is 9.02. The molecule has 2 aliphatic rings. The van der Waals surface area contributed by atoms with Gasteiger partial charge in [0.25, 0.3) is 0 Å². The summed E-state index contributed by atoms with van der Waals surface area (Å²) in [5.74, 6) is 0.394. The molecule has 0 bridgehead atoms. The van der Waals surface area contributed by atoms with E-state index in [-0.39, 0.29) is 23.5 Å². The normalized spacial score (nSPS) is 20.4. The average Bonchev–Trinajstić information content (AvgIpc) is 3.10. The Labute approximate surface area is 200 Å². The van der Waals surface area contributed by atoms with Crippen molar-refractivity contribution in [2.75, 3.05) is 13.1 Å². The van der Waals surface area contributed by atoms with Crippen LogP contribution in [0.3, 0.4) is 0 Å². The van der Waals surface area contributed by atoms with Crippen LogP contribution in [0.5, 0.6) is 0 Å². The van der Waals surface area contributed by atoms with Crippen LogP contribution in [0.4, 0.5) is 4.79 Å². The lowest BCUT2D eigenvalue weighted by atomic mass is 9.96. The highest BCUT2D eigenvalue weighted by Gasteiger charge is 2.52. The van der Waals surface area contributed by atoms with Crippen molar-refractivity contribution < 1.29 is 13.8 Å². The molecule has 2 fully saturated rings. The van der Waals surface area contributed by atoms with Gasteiger partial charge in [0.15, 0.2) is 12.2 Å². The third kappa shape index (κ3) is 5.69. The molecule has 2 heterocycles. The Bertz CT molecular complexity index is 933. The van der Waals surface area contributed by atoms with Gasteiger partial charge in [-0.2, -0.15) is 0 Å². The van der Waals surface area contributed by atoms with E-state index in [0.29, 0.717) is 26.2 Å². The van der Waals surface area contributed by atoms with Gasteiger partial charge in [0.1, 0.15) is 0 Å². The minimum Gasteiger partial charge on any atom is -0.358 e. The fourth-order valence-corrected chi connectivity index (χ4v) is 5.05. The highest BCUT2D eigenvalue weighted by atomic mass is 32.2. The fraction of sp³-hybridized carbons (Fsp3) is 0.440. The number of piperidine rings is 1. The molecule has 1 spiro atoms. The van der Waals surface area contributed by atoms with Crippen molar-refractivity contribution in [3.8, 4) is 0 Å². The summed E-state index contributed by atoms with van der Waals surface area (Å²) < 4.78 is 7.39. The van der Waals surface area contributed by atoms with Crippen LogP contribution in [0, 0.1) is 5.92 Å². The van der Waals surface area contributed by atoms with E-state index in [1.54, 1.807) is 0 Å². The van der Waals surface area contributed by atoms with Gasteiger partial charge in [0.2, 0.25) is 5.91 Å². The molecule has 2 amide bonds. The van der Waals surface area contributed by atoms with E-state index in [1.807, 2.05) is 57.7 Å². The van der Waals surface area contributed by atoms with Gasteiger partial charge < -0.3 is 14.4 Å². The van der Waals surface area contributed by atoms with Crippen molar-refractivity contribution in [1.82, 2.24) is 19.8 Å². The van der Waals surface area contributed by atoms with Crippen LogP contribution in [0.2, 0.25) is 0 Å². The lowest BCUT2D eigenvalue weighted by Gasteiger charge is -2.43. The number of hydrogen-bond donors (Lipinski definition) is 2. The fourth-order valence-electron chi connectivity index (χ4n) is 4.49. The summed E-state index contributed by atoms with van der Waals surface area (Å²) in [6.45, 7) is 6.63. The van der Waals surface area contributed by atoms with Crippen molar-refractivity contribution >= 4 is 24.2 Å². The largest absolute Gasteiger partial charge is 0.420 e. The summed E-state index contributed by atoms with van der Waals surface area (Å²) >= 11 is 1.09. The summed E-state index contributed by atoms with van der Waals surface area (Å²) in [5, 5.41) is 6.44. The zero-order valence-corrected chi connectivity index (χ0v) is 20.0. The molecule has 0 saturated carbocycles. The Morgan fingerprint density at radius 3 is 2.30 bits per heavy atom. The zero-order chi connectivity index (χ0) is 23.3. The molecule has 2 aromatic carbocycles. The number of benzene rings is 2. The second kappa shape index (κ2) is 10.6.